The molecule has 0 aliphatic heterocycles. The number of nitrogens with zero attached hydrogens (tertiary/aromatic N) is 2. The van der Waals surface area contributed by atoms with E-state index in [1.807, 2.05) is 7.05 Å². The first-order chi connectivity index (χ1) is 7.08. The lowest BCUT2D eigenvalue weighted by Crippen LogP contribution is -2.23. The Balaban J connectivity index is 2.69. The highest BCUT2D eigenvalue weighted by Crippen LogP contribution is 2.29. The van der Waals surface area contributed by atoms with E-state index >= 15 is 0 Å². The topological polar surface area (TPSA) is 36.4 Å². The third kappa shape index (κ3) is 3.33. The van der Waals surface area contributed by atoms with Gasteiger partial charge in [0.15, 0.2) is 5.13 Å². The van der Waals surface area contributed by atoms with Crippen LogP contribution in [0, 0.1) is 5.92 Å². The van der Waals surface area contributed by atoms with Crippen molar-refractivity contribution in [3.63, 3.8) is 0 Å². The van der Waals surface area contributed by atoms with E-state index in [-0.39, 0.29) is 6.61 Å². The summed E-state index contributed by atoms with van der Waals surface area (Å²) in [6, 6.07) is 0. The summed E-state index contributed by atoms with van der Waals surface area (Å²) in [5.41, 5.74) is 0. The Hall–Kier alpha value is -0.320. The molecule has 0 saturated carbocycles. The minimum absolute atomic E-state index is 0.0341. The minimum Gasteiger partial charge on any atom is -0.391 e. The highest BCUT2D eigenvalue weighted by molar-refractivity contribution is 7.16. The van der Waals surface area contributed by atoms with Crippen LogP contribution in [0.1, 0.15) is 25.1 Å². The lowest BCUT2D eigenvalue weighted by atomic mass is 10.1. The molecule has 0 saturated heterocycles. The van der Waals surface area contributed by atoms with Gasteiger partial charge in [-0.3, -0.25) is 0 Å². The Labute approximate surface area is 99.7 Å². The maximum Gasteiger partial charge on any atom is 0.186 e. The van der Waals surface area contributed by atoms with Crippen LogP contribution < -0.4 is 4.90 Å². The molecule has 15 heavy (non-hydrogen) atoms. The minimum atomic E-state index is -0.0341. The van der Waals surface area contributed by atoms with Gasteiger partial charge < -0.3 is 10.0 Å². The van der Waals surface area contributed by atoms with Crippen LogP contribution in [0.3, 0.4) is 0 Å². The Morgan fingerprint density at radius 2 is 2.27 bits per heavy atom. The molecule has 0 bridgehead atoms. The molecule has 3 nitrogen and oxygen atoms in total. The van der Waals surface area contributed by atoms with E-state index in [0.29, 0.717) is 11.1 Å². The van der Waals surface area contributed by atoms with Crippen molar-refractivity contribution < 1.29 is 5.11 Å². The smallest absolute Gasteiger partial charge is 0.186 e. The molecule has 0 spiro atoms. The second kappa shape index (κ2) is 5.68. The van der Waals surface area contributed by atoms with Gasteiger partial charge in [0.1, 0.15) is 5.15 Å². The van der Waals surface area contributed by atoms with Crippen LogP contribution in [0.4, 0.5) is 5.13 Å². The van der Waals surface area contributed by atoms with Crippen molar-refractivity contribution in [1.82, 2.24) is 4.98 Å². The van der Waals surface area contributed by atoms with Crippen LogP contribution in [0.25, 0.3) is 0 Å². The molecule has 0 radical (unpaired) electrons. The Bertz CT molecular complexity index is 316. The van der Waals surface area contributed by atoms with Crippen LogP contribution in [0.2, 0.25) is 5.15 Å². The number of anilines is 1. The molecule has 0 aliphatic carbocycles. The van der Waals surface area contributed by atoms with E-state index in [0.717, 1.165) is 23.0 Å². The molecule has 1 N–H and O–H groups in total. The van der Waals surface area contributed by atoms with Crippen molar-refractivity contribution in [2.24, 2.45) is 5.92 Å². The van der Waals surface area contributed by atoms with Gasteiger partial charge in [-0.05, 0) is 5.92 Å². The van der Waals surface area contributed by atoms with Crippen LogP contribution in [0.5, 0.6) is 0 Å². The van der Waals surface area contributed by atoms with Crippen LogP contribution >= 0.6 is 22.9 Å². The number of hydrogen-bond acceptors (Lipinski definition) is 4. The van der Waals surface area contributed by atoms with Gasteiger partial charge in [-0.2, -0.15) is 0 Å². The fourth-order valence-corrected chi connectivity index (χ4v) is 2.34. The first kappa shape index (κ1) is 12.7. The third-order valence-corrected chi connectivity index (χ3v) is 3.97. The van der Waals surface area contributed by atoms with E-state index in [9.17, 15) is 0 Å². The highest BCUT2D eigenvalue weighted by atomic mass is 35.5. The predicted octanol–water partition coefficient (Wildman–Crippen LogP) is 2.77. The average Bonchev–Trinajstić information content (AvgIpc) is 2.59. The summed E-state index contributed by atoms with van der Waals surface area (Å²) in [5.74, 6) is 0.634. The van der Waals surface area contributed by atoms with E-state index in [1.165, 1.54) is 11.3 Å². The molecule has 1 heterocycles. The summed E-state index contributed by atoms with van der Waals surface area (Å²) < 4.78 is 0. The average molecular weight is 249 g/mol. The molecule has 1 atom stereocenters. The van der Waals surface area contributed by atoms with Gasteiger partial charge in [-0.25, -0.2) is 4.98 Å². The summed E-state index contributed by atoms with van der Waals surface area (Å²) >= 11 is 7.33. The van der Waals surface area contributed by atoms with Gasteiger partial charge in [-0.1, -0.05) is 43.2 Å². The molecule has 0 fully saturated rings. The molecule has 1 unspecified atom stereocenters. The molecule has 0 aromatic carbocycles. The third-order valence-electron chi connectivity index (χ3n) is 2.39. The number of halogens is 1. The molecule has 5 heteroatoms. The standard InChI is InChI=1S/C10H17ClN2OS/c1-4-7(2)5-13(3)10-12-9(11)8(6-14)15-10/h7,14H,4-6H2,1-3H3. The summed E-state index contributed by atoms with van der Waals surface area (Å²) in [4.78, 5) is 7.04. The summed E-state index contributed by atoms with van der Waals surface area (Å²) in [6.45, 7) is 5.31. The highest BCUT2D eigenvalue weighted by Gasteiger charge is 2.13. The first-order valence-electron chi connectivity index (χ1n) is 5.05. The van der Waals surface area contributed by atoms with E-state index < -0.39 is 0 Å². The van der Waals surface area contributed by atoms with Gasteiger partial charge in [0.25, 0.3) is 0 Å². The fourth-order valence-electron chi connectivity index (χ4n) is 1.26. The van der Waals surface area contributed by atoms with Crippen LogP contribution in [-0.4, -0.2) is 23.7 Å². The normalized spacial score (nSPS) is 12.9. The zero-order chi connectivity index (χ0) is 11.4. The van der Waals surface area contributed by atoms with Gasteiger partial charge in [0.05, 0.1) is 11.5 Å². The molecular formula is C10H17ClN2OS. The summed E-state index contributed by atoms with van der Waals surface area (Å²) in [7, 11) is 2.00. The van der Waals surface area contributed by atoms with Crippen molar-refractivity contribution >= 4 is 28.1 Å². The number of aliphatic hydroxyl groups excluding tert-OH is 1. The second-order valence-electron chi connectivity index (χ2n) is 3.76. The first-order valence-corrected chi connectivity index (χ1v) is 6.25. The van der Waals surface area contributed by atoms with Crippen LogP contribution in [-0.2, 0) is 6.61 Å². The molecule has 1 rings (SSSR count). The number of hydrogen-bond donors (Lipinski definition) is 1. The number of aromatic nitrogens is 1. The van der Waals surface area contributed by atoms with E-state index in [1.54, 1.807) is 0 Å². The number of aliphatic hydroxyl groups is 1. The van der Waals surface area contributed by atoms with Gasteiger partial charge >= 0.3 is 0 Å². The fraction of sp³-hybridized carbons (Fsp3) is 0.700. The summed E-state index contributed by atoms with van der Waals surface area (Å²) in [6.07, 6.45) is 1.15. The quantitative estimate of drug-likeness (QED) is 0.871. The zero-order valence-corrected chi connectivity index (χ0v) is 10.9. The van der Waals surface area contributed by atoms with Crippen molar-refractivity contribution in [3.8, 4) is 0 Å². The molecular weight excluding hydrogens is 232 g/mol. The van der Waals surface area contributed by atoms with Gasteiger partial charge in [0, 0.05) is 13.6 Å². The van der Waals surface area contributed by atoms with Gasteiger partial charge in [-0.15, -0.1) is 0 Å². The Kier molecular flexibility index (Phi) is 4.83. The summed E-state index contributed by atoms with van der Waals surface area (Å²) in [5, 5.41) is 10.3. The second-order valence-corrected chi connectivity index (χ2v) is 5.18. The number of rotatable bonds is 5. The molecule has 0 amide bonds. The van der Waals surface area contributed by atoms with E-state index in [2.05, 4.69) is 23.7 Å². The Morgan fingerprint density at radius 1 is 1.60 bits per heavy atom. The van der Waals surface area contributed by atoms with Crippen LogP contribution in [0.15, 0.2) is 0 Å². The van der Waals surface area contributed by atoms with Crippen molar-refractivity contribution in [2.75, 3.05) is 18.5 Å². The predicted molar refractivity (Wildman–Crippen MR) is 65.8 cm³/mol. The zero-order valence-electron chi connectivity index (χ0n) is 9.33. The number of thiazole rings is 1. The lowest BCUT2D eigenvalue weighted by molar-refractivity contribution is 0.285. The largest absolute Gasteiger partial charge is 0.391 e. The SMILES string of the molecule is CCC(C)CN(C)c1nc(Cl)c(CO)s1. The molecule has 0 aliphatic rings. The monoisotopic (exact) mass is 248 g/mol. The molecule has 1 aromatic rings. The lowest BCUT2D eigenvalue weighted by Gasteiger charge is -2.19. The van der Waals surface area contributed by atoms with Crippen molar-refractivity contribution in [1.29, 1.82) is 0 Å². The maximum absolute atomic E-state index is 9.01. The molecule has 86 valence electrons. The van der Waals surface area contributed by atoms with Crippen molar-refractivity contribution in [3.05, 3.63) is 10.0 Å². The van der Waals surface area contributed by atoms with Gasteiger partial charge in [0.2, 0.25) is 0 Å². The Morgan fingerprint density at radius 3 is 2.73 bits per heavy atom. The maximum atomic E-state index is 9.01. The van der Waals surface area contributed by atoms with E-state index in [4.69, 9.17) is 16.7 Å². The van der Waals surface area contributed by atoms with Crippen molar-refractivity contribution in [2.45, 2.75) is 26.9 Å². The molecule has 1 aromatic heterocycles.